The Balaban J connectivity index is 1.40. The van der Waals surface area contributed by atoms with Crippen LogP contribution in [0.1, 0.15) is 41.7 Å². The van der Waals surface area contributed by atoms with Crippen LogP contribution in [0, 0.1) is 12.8 Å². The third-order valence-corrected chi connectivity index (χ3v) is 5.52. The van der Waals surface area contributed by atoms with Gasteiger partial charge in [-0.3, -0.25) is 9.59 Å². The van der Waals surface area contributed by atoms with Crippen LogP contribution < -0.4 is 11.1 Å². The third kappa shape index (κ3) is 4.01. The summed E-state index contributed by atoms with van der Waals surface area (Å²) < 4.78 is 0. The summed E-state index contributed by atoms with van der Waals surface area (Å²) >= 11 is 0. The van der Waals surface area contributed by atoms with Gasteiger partial charge in [0.15, 0.2) is 0 Å². The summed E-state index contributed by atoms with van der Waals surface area (Å²) in [6.45, 7) is 3.32. The highest BCUT2D eigenvalue weighted by atomic mass is 16.2. The zero-order valence-corrected chi connectivity index (χ0v) is 16.1. The first-order valence-corrected chi connectivity index (χ1v) is 9.94. The summed E-state index contributed by atoms with van der Waals surface area (Å²) in [5.74, 6) is 0.866. The van der Waals surface area contributed by atoms with Crippen molar-refractivity contribution in [3.8, 4) is 11.1 Å². The number of amides is 2. The van der Waals surface area contributed by atoms with Gasteiger partial charge in [0.1, 0.15) is 5.82 Å². The summed E-state index contributed by atoms with van der Waals surface area (Å²) in [5.41, 5.74) is 9.29. The number of nitrogens with two attached hydrogens (primary N) is 1. The van der Waals surface area contributed by atoms with Crippen LogP contribution in [0.2, 0.25) is 0 Å². The van der Waals surface area contributed by atoms with E-state index in [-0.39, 0.29) is 23.8 Å². The van der Waals surface area contributed by atoms with E-state index >= 15 is 0 Å². The summed E-state index contributed by atoms with van der Waals surface area (Å²) in [6.07, 6.45) is 3.87. The van der Waals surface area contributed by atoms with Crippen molar-refractivity contribution in [2.24, 2.45) is 5.92 Å². The monoisotopic (exact) mass is 378 g/mol. The maximum Gasteiger partial charge on any atom is 0.251 e. The van der Waals surface area contributed by atoms with Crippen LogP contribution in [-0.2, 0) is 4.79 Å². The number of carbonyl (C=O) groups excluding carboxylic acids is 2. The van der Waals surface area contributed by atoms with Crippen LogP contribution >= 0.6 is 0 Å². The Bertz CT molecular complexity index is 890. The van der Waals surface area contributed by atoms with E-state index in [0.717, 1.165) is 49.0 Å². The molecule has 1 aliphatic carbocycles. The van der Waals surface area contributed by atoms with Gasteiger partial charge in [0.05, 0.1) is 0 Å². The highest BCUT2D eigenvalue weighted by molar-refractivity contribution is 5.95. The second kappa shape index (κ2) is 7.62. The molecule has 0 radical (unpaired) electrons. The first-order valence-electron chi connectivity index (χ1n) is 9.94. The second-order valence-corrected chi connectivity index (χ2v) is 7.83. The number of hydrogen-bond donors (Lipinski definition) is 2. The number of aryl methyl sites for hydroxylation is 1. The molecular weight excluding hydrogens is 352 g/mol. The molecule has 0 spiro atoms. The van der Waals surface area contributed by atoms with Crippen molar-refractivity contribution in [1.82, 2.24) is 15.2 Å². The van der Waals surface area contributed by atoms with Crippen molar-refractivity contribution in [1.29, 1.82) is 0 Å². The smallest absolute Gasteiger partial charge is 0.251 e. The Hall–Kier alpha value is -2.89. The summed E-state index contributed by atoms with van der Waals surface area (Å²) in [4.78, 5) is 31.1. The van der Waals surface area contributed by atoms with Crippen LogP contribution in [0.5, 0.6) is 0 Å². The van der Waals surface area contributed by atoms with Crippen molar-refractivity contribution in [2.45, 2.75) is 38.6 Å². The van der Waals surface area contributed by atoms with Gasteiger partial charge in [-0.2, -0.15) is 0 Å². The van der Waals surface area contributed by atoms with Crippen molar-refractivity contribution in [3.05, 3.63) is 47.7 Å². The van der Waals surface area contributed by atoms with Gasteiger partial charge in [-0.05, 0) is 62.4 Å². The van der Waals surface area contributed by atoms with Crippen LogP contribution in [-0.4, -0.2) is 40.8 Å². The maximum atomic E-state index is 12.6. The lowest BCUT2D eigenvalue weighted by atomic mass is 10.0. The summed E-state index contributed by atoms with van der Waals surface area (Å²) in [6, 6.07) is 11.3. The number of rotatable bonds is 4. The number of hydrogen-bond acceptors (Lipinski definition) is 4. The number of pyridine rings is 1. The molecule has 1 saturated heterocycles. The lowest BCUT2D eigenvalue weighted by molar-refractivity contribution is -0.133. The number of nitrogen functional groups attached to an aromatic ring is 1. The van der Waals surface area contributed by atoms with Gasteiger partial charge in [-0.15, -0.1) is 0 Å². The predicted molar refractivity (Wildman–Crippen MR) is 109 cm³/mol. The van der Waals surface area contributed by atoms with Gasteiger partial charge >= 0.3 is 0 Å². The minimum Gasteiger partial charge on any atom is -0.383 e. The normalized spacial score (nSPS) is 19.3. The van der Waals surface area contributed by atoms with Crippen LogP contribution in [0.25, 0.3) is 11.1 Å². The quantitative estimate of drug-likeness (QED) is 0.856. The Kier molecular flexibility index (Phi) is 5.03. The molecule has 3 N–H and O–H groups in total. The zero-order valence-electron chi connectivity index (χ0n) is 16.1. The molecule has 6 nitrogen and oxygen atoms in total. The lowest BCUT2D eigenvalue weighted by Crippen LogP contribution is -2.50. The molecule has 2 aromatic rings. The SMILES string of the molecule is Cc1ccc(-c2ccc(C(=O)NC3CCCN(C(=O)C4CC4)C3)cc2)c(N)n1. The molecule has 1 aliphatic heterocycles. The van der Waals surface area contributed by atoms with E-state index in [1.165, 1.54) is 0 Å². The average molecular weight is 378 g/mol. The van der Waals surface area contributed by atoms with E-state index in [1.807, 2.05) is 36.1 Å². The van der Waals surface area contributed by atoms with E-state index in [4.69, 9.17) is 5.73 Å². The van der Waals surface area contributed by atoms with Crippen molar-refractivity contribution >= 4 is 17.6 Å². The van der Waals surface area contributed by atoms with Gasteiger partial charge in [0, 0.05) is 41.9 Å². The number of benzene rings is 1. The molecule has 2 aliphatic rings. The molecular formula is C22H26N4O2. The summed E-state index contributed by atoms with van der Waals surface area (Å²) in [5, 5.41) is 3.09. The molecule has 1 unspecified atom stereocenters. The molecule has 146 valence electrons. The Labute approximate surface area is 165 Å². The average Bonchev–Trinajstić information content (AvgIpc) is 3.53. The molecule has 1 aromatic carbocycles. The molecule has 6 heteroatoms. The van der Waals surface area contributed by atoms with Gasteiger partial charge in [0.2, 0.25) is 5.91 Å². The highest BCUT2D eigenvalue weighted by Crippen LogP contribution is 2.32. The number of anilines is 1. The van der Waals surface area contributed by atoms with E-state index in [9.17, 15) is 9.59 Å². The first kappa shape index (κ1) is 18.5. The summed E-state index contributed by atoms with van der Waals surface area (Å²) in [7, 11) is 0. The Morgan fingerprint density at radius 3 is 2.54 bits per heavy atom. The number of nitrogens with zero attached hydrogens (tertiary/aromatic N) is 2. The van der Waals surface area contributed by atoms with Crippen LogP contribution in [0.15, 0.2) is 36.4 Å². The second-order valence-electron chi connectivity index (χ2n) is 7.83. The van der Waals surface area contributed by atoms with Crippen LogP contribution in [0.4, 0.5) is 5.82 Å². The van der Waals surface area contributed by atoms with Gasteiger partial charge in [-0.1, -0.05) is 12.1 Å². The number of likely N-dealkylation sites (tertiary alicyclic amines) is 1. The minimum absolute atomic E-state index is 0.0144. The molecule has 2 amide bonds. The molecule has 2 fully saturated rings. The lowest BCUT2D eigenvalue weighted by Gasteiger charge is -2.33. The van der Waals surface area contributed by atoms with E-state index < -0.39 is 0 Å². The van der Waals surface area contributed by atoms with Crippen LogP contribution in [0.3, 0.4) is 0 Å². The highest BCUT2D eigenvalue weighted by Gasteiger charge is 2.35. The number of nitrogens with one attached hydrogen (secondary N) is 1. The van der Waals surface area contributed by atoms with Gasteiger partial charge in [-0.25, -0.2) is 4.98 Å². The van der Waals surface area contributed by atoms with Crippen molar-refractivity contribution in [3.63, 3.8) is 0 Å². The molecule has 28 heavy (non-hydrogen) atoms. The van der Waals surface area contributed by atoms with Crippen molar-refractivity contribution in [2.75, 3.05) is 18.8 Å². The molecule has 4 rings (SSSR count). The number of aromatic nitrogens is 1. The number of piperidine rings is 1. The van der Waals surface area contributed by atoms with E-state index in [0.29, 0.717) is 17.9 Å². The minimum atomic E-state index is -0.104. The predicted octanol–water partition coefficient (Wildman–Crippen LogP) is 2.77. The topological polar surface area (TPSA) is 88.3 Å². The van der Waals surface area contributed by atoms with Crippen molar-refractivity contribution < 1.29 is 9.59 Å². The zero-order chi connectivity index (χ0) is 19.7. The molecule has 1 aromatic heterocycles. The largest absolute Gasteiger partial charge is 0.383 e. The fraction of sp³-hybridized carbons (Fsp3) is 0.409. The first-order chi connectivity index (χ1) is 13.5. The third-order valence-electron chi connectivity index (χ3n) is 5.52. The molecule has 2 heterocycles. The van der Waals surface area contributed by atoms with E-state index in [2.05, 4.69) is 10.3 Å². The van der Waals surface area contributed by atoms with Gasteiger partial charge in [0.25, 0.3) is 5.91 Å². The fourth-order valence-electron chi connectivity index (χ4n) is 3.77. The molecule has 0 bridgehead atoms. The Morgan fingerprint density at radius 2 is 1.86 bits per heavy atom. The fourth-order valence-corrected chi connectivity index (χ4v) is 3.77. The van der Waals surface area contributed by atoms with Gasteiger partial charge < -0.3 is 16.0 Å². The Morgan fingerprint density at radius 1 is 1.11 bits per heavy atom. The molecule has 1 atom stereocenters. The standard InChI is InChI=1S/C22H26N4O2/c1-14-4-11-19(20(23)24-14)15-5-7-16(8-6-15)21(27)25-18-3-2-12-26(13-18)22(28)17-9-10-17/h4-8,11,17-18H,2-3,9-10,12-13H2,1H3,(H2,23,24)(H,25,27). The van der Waals surface area contributed by atoms with E-state index in [1.54, 1.807) is 12.1 Å². The maximum absolute atomic E-state index is 12.6. The number of carbonyl (C=O) groups is 2. The molecule has 1 saturated carbocycles.